The van der Waals surface area contributed by atoms with Gasteiger partial charge in [0.1, 0.15) is 0 Å². The predicted octanol–water partition coefficient (Wildman–Crippen LogP) is 5.61. The van der Waals surface area contributed by atoms with E-state index in [0.717, 1.165) is 10.5 Å². The van der Waals surface area contributed by atoms with Crippen molar-refractivity contribution in [3.8, 4) is 0 Å². The summed E-state index contributed by atoms with van der Waals surface area (Å²) in [5, 5.41) is 2.02. The van der Waals surface area contributed by atoms with E-state index in [1.54, 1.807) is 36.4 Å². The monoisotopic (exact) mass is 526 g/mol. The van der Waals surface area contributed by atoms with Crippen LogP contribution in [0.25, 0.3) is 0 Å². The molecular weight excluding hydrogens is 505 g/mol. The van der Waals surface area contributed by atoms with Gasteiger partial charge in [0.05, 0.1) is 5.57 Å². The van der Waals surface area contributed by atoms with Crippen LogP contribution >= 0.6 is 11.6 Å². The summed E-state index contributed by atoms with van der Waals surface area (Å²) in [5.41, 5.74) is -4.01. The number of carbonyl (C=O) groups excluding carboxylic acids is 3. The van der Waals surface area contributed by atoms with E-state index in [1.165, 1.54) is 55.5 Å². The normalized spacial score (nSPS) is 17.8. The Balaban J connectivity index is 1.84. The average molecular weight is 527 g/mol. The fourth-order valence-corrected chi connectivity index (χ4v) is 4.60. The summed E-state index contributed by atoms with van der Waals surface area (Å²) >= 11 is 5.92. The molecule has 37 heavy (non-hydrogen) atoms. The van der Waals surface area contributed by atoms with Gasteiger partial charge in [-0.25, -0.2) is 0 Å². The summed E-state index contributed by atoms with van der Waals surface area (Å²) in [6, 6.07) is 21.6. The van der Waals surface area contributed by atoms with Gasteiger partial charge in [0, 0.05) is 28.4 Å². The van der Waals surface area contributed by atoms with Gasteiger partial charge in [0.25, 0.3) is 11.8 Å². The zero-order valence-corrected chi connectivity index (χ0v) is 20.4. The van der Waals surface area contributed by atoms with Crippen LogP contribution < -0.4 is 5.32 Å². The molecule has 9 heteroatoms. The number of Topliss-reactive ketones (excluding diaryl/α,β-unsaturated/α-hetero) is 1. The third kappa shape index (κ3) is 4.89. The lowest BCUT2D eigenvalue weighted by molar-refractivity contribution is -0.189. The summed E-state index contributed by atoms with van der Waals surface area (Å²) < 4.78 is 44.9. The third-order valence-electron chi connectivity index (χ3n) is 6.25. The molecule has 2 amide bonds. The van der Waals surface area contributed by atoms with Crippen LogP contribution in [0.1, 0.15) is 33.2 Å². The average Bonchev–Trinajstić information content (AvgIpc) is 3.09. The van der Waals surface area contributed by atoms with Crippen LogP contribution in [0.3, 0.4) is 0 Å². The van der Waals surface area contributed by atoms with E-state index < -0.39 is 34.9 Å². The second-order valence-electron chi connectivity index (χ2n) is 8.56. The van der Waals surface area contributed by atoms with E-state index in [-0.39, 0.29) is 34.8 Å². The number of hydrogen-bond donors (Lipinski definition) is 1. The maximum atomic E-state index is 15.0. The van der Waals surface area contributed by atoms with E-state index >= 15 is 0 Å². The van der Waals surface area contributed by atoms with E-state index in [2.05, 4.69) is 0 Å². The van der Waals surface area contributed by atoms with Crippen molar-refractivity contribution in [1.29, 1.82) is 0 Å². The first-order valence-corrected chi connectivity index (χ1v) is 11.8. The number of nitrogens with one attached hydrogen (secondary N) is 1. The van der Waals surface area contributed by atoms with Crippen LogP contribution in [0, 0.1) is 0 Å². The van der Waals surface area contributed by atoms with Crippen molar-refractivity contribution < 1.29 is 27.6 Å². The Morgan fingerprint density at radius 2 is 1.51 bits per heavy atom. The highest BCUT2D eigenvalue weighted by molar-refractivity contribution is 6.31. The highest BCUT2D eigenvalue weighted by Gasteiger charge is 2.70. The van der Waals surface area contributed by atoms with Gasteiger partial charge in [0.2, 0.25) is 5.54 Å². The van der Waals surface area contributed by atoms with Crippen molar-refractivity contribution in [2.24, 2.45) is 0 Å². The molecule has 0 saturated heterocycles. The van der Waals surface area contributed by atoms with Crippen molar-refractivity contribution in [2.45, 2.75) is 25.1 Å². The molecule has 0 spiro atoms. The second-order valence-corrected chi connectivity index (χ2v) is 9.00. The van der Waals surface area contributed by atoms with E-state index in [4.69, 9.17) is 11.6 Å². The van der Waals surface area contributed by atoms with Gasteiger partial charge >= 0.3 is 6.18 Å². The van der Waals surface area contributed by atoms with Crippen molar-refractivity contribution in [1.82, 2.24) is 10.2 Å². The van der Waals surface area contributed by atoms with Gasteiger partial charge in [-0.1, -0.05) is 78.3 Å². The lowest BCUT2D eigenvalue weighted by atomic mass is 9.84. The molecule has 0 fully saturated rings. The van der Waals surface area contributed by atoms with Crippen molar-refractivity contribution >= 4 is 29.2 Å². The van der Waals surface area contributed by atoms with Gasteiger partial charge in [0.15, 0.2) is 5.78 Å². The zero-order chi connectivity index (χ0) is 26.8. The molecule has 1 aliphatic rings. The maximum absolute atomic E-state index is 15.0. The molecule has 1 heterocycles. The van der Waals surface area contributed by atoms with E-state index in [9.17, 15) is 27.6 Å². The fourth-order valence-electron chi connectivity index (χ4n) is 4.41. The summed E-state index contributed by atoms with van der Waals surface area (Å²) in [4.78, 5) is 41.2. The first kappa shape index (κ1) is 26.2. The molecule has 190 valence electrons. The third-order valence-corrected chi connectivity index (χ3v) is 6.49. The van der Waals surface area contributed by atoms with Crippen LogP contribution in [-0.4, -0.2) is 40.8 Å². The number of benzene rings is 3. The quantitative estimate of drug-likeness (QED) is 0.407. The Hall–Kier alpha value is -3.91. The second kappa shape index (κ2) is 10.2. The molecule has 0 unspecified atom stereocenters. The molecule has 0 aromatic heterocycles. The standard InChI is InChI=1S/C28H22ClF3N2O3/c1-18-23(24(35)20-11-6-3-7-12-20)27(28(30,31)32,33-25(36)21-13-8-14-22(29)17-21)26(37)34(18)16-15-19-9-4-2-5-10-19/h2-14,17H,15-16H2,1H3,(H,33,36)/t27-/m1/s1. The first-order valence-electron chi connectivity index (χ1n) is 11.4. The Kier molecular flexibility index (Phi) is 7.23. The number of amides is 2. The molecule has 4 rings (SSSR count). The van der Waals surface area contributed by atoms with Crippen molar-refractivity contribution in [2.75, 3.05) is 6.54 Å². The van der Waals surface area contributed by atoms with Gasteiger partial charge in [-0.05, 0) is 37.1 Å². The van der Waals surface area contributed by atoms with Crippen molar-refractivity contribution in [3.63, 3.8) is 0 Å². The van der Waals surface area contributed by atoms with Crippen LogP contribution in [-0.2, 0) is 11.2 Å². The van der Waals surface area contributed by atoms with E-state index in [1.807, 2.05) is 5.32 Å². The molecule has 0 radical (unpaired) electrons. The minimum atomic E-state index is -5.33. The predicted molar refractivity (Wildman–Crippen MR) is 133 cm³/mol. The number of halogens is 4. The molecule has 0 aliphatic carbocycles. The molecule has 0 saturated carbocycles. The SMILES string of the molecule is CC1=C(C(=O)c2ccccc2)[C@](NC(=O)c2cccc(Cl)c2)(C(F)(F)F)C(=O)N1CCc1ccccc1. The molecule has 3 aromatic carbocycles. The van der Waals surface area contributed by atoms with Crippen LogP contribution in [0.5, 0.6) is 0 Å². The number of alkyl halides is 3. The number of rotatable bonds is 7. The Morgan fingerprint density at radius 3 is 2.11 bits per heavy atom. The van der Waals surface area contributed by atoms with Gasteiger partial charge in [-0.2, -0.15) is 13.2 Å². The molecule has 1 aliphatic heterocycles. The highest BCUT2D eigenvalue weighted by Crippen LogP contribution is 2.46. The Bertz CT molecular complexity index is 1370. The minimum Gasteiger partial charge on any atom is -0.326 e. The molecule has 0 bridgehead atoms. The summed E-state index contributed by atoms with van der Waals surface area (Å²) in [7, 11) is 0. The largest absolute Gasteiger partial charge is 0.425 e. The molecule has 5 nitrogen and oxygen atoms in total. The summed E-state index contributed by atoms with van der Waals surface area (Å²) in [6.07, 6.45) is -5.09. The topological polar surface area (TPSA) is 66.5 Å². The number of ketones is 1. The van der Waals surface area contributed by atoms with Crippen LogP contribution in [0.15, 0.2) is 96.2 Å². The number of carbonyl (C=O) groups is 3. The molecule has 3 aromatic rings. The fraction of sp³-hybridized carbons (Fsp3) is 0.179. The Morgan fingerprint density at radius 1 is 0.919 bits per heavy atom. The molecule has 1 atom stereocenters. The molecular formula is C28H22ClF3N2O3. The lowest BCUT2D eigenvalue weighted by Crippen LogP contribution is -2.66. The summed E-state index contributed by atoms with van der Waals surface area (Å²) in [6.45, 7) is 1.17. The zero-order valence-electron chi connectivity index (χ0n) is 19.7. The maximum Gasteiger partial charge on any atom is 0.425 e. The number of allylic oxidation sites excluding steroid dienone is 1. The highest BCUT2D eigenvalue weighted by atomic mass is 35.5. The molecule has 1 N–H and O–H groups in total. The van der Waals surface area contributed by atoms with Gasteiger partial charge in [-0.15, -0.1) is 0 Å². The van der Waals surface area contributed by atoms with E-state index in [0.29, 0.717) is 0 Å². The van der Waals surface area contributed by atoms with Crippen molar-refractivity contribution in [3.05, 3.63) is 118 Å². The van der Waals surface area contributed by atoms with Gasteiger partial charge < -0.3 is 10.2 Å². The smallest absolute Gasteiger partial charge is 0.326 e. The summed E-state index contributed by atoms with van der Waals surface area (Å²) in [5.74, 6) is -3.63. The first-order chi connectivity index (χ1) is 17.6. The lowest BCUT2D eigenvalue weighted by Gasteiger charge is -2.33. The Labute approximate surface area is 216 Å². The van der Waals surface area contributed by atoms with Crippen LogP contribution in [0.4, 0.5) is 13.2 Å². The number of hydrogen-bond acceptors (Lipinski definition) is 3. The van der Waals surface area contributed by atoms with Gasteiger partial charge in [-0.3, -0.25) is 14.4 Å². The number of nitrogens with zero attached hydrogens (tertiary/aromatic N) is 1. The minimum absolute atomic E-state index is 0.0415. The van der Waals surface area contributed by atoms with Crippen LogP contribution in [0.2, 0.25) is 5.02 Å².